The number of phenolic OH excluding ortho intramolecular Hbond substituents is 2. The molecule has 3 N–H and O–H groups in total. The molecule has 110 valence electrons. The van der Waals surface area contributed by atoms with Crippen LogP contribution in [0.15, 0.2) is 48.7 Å². The first kappa shape index (κ1) is 13.6. The van der Waals surface area contributed by atoms with E-state index in [1.165, 1.54) is 24.3 Å². The Hall–Kier alpha value is -3.35. The minimum absolute atomic E-state index is 0.00621. The van der Waals surface area contributed by atoms with Crippen LogP contribution >= 0.6 is 0 Å². The molecule has 3 aromatic rings. The Kier molecular flexibility index (Phi) is 3.23. The quantitative estimate of drug-likeness (QED) is 0.508. The fraction of sp³-hybridized carbons (Fsp3) is 0. The number of aromatic amines is 1. The van der Waals surface area contributed by atoms with Gasteiger partial charge >= 0.3 is 0 Å². The van der Waals surface area contributed by atoms with Crippen molar-refractivity contribution in [2.75, 3.05) is 0 Å². The number of phenols is 2. The standard InChI is InChI=1S/C15H11N3O4/c19-11-5-6-12(14(20)7-11)13-8-16-15(17-13)9-1-3-10(4-2-9)18(21)22/h1-8,19-20H,(H,16,17). The lowest BCUT2D eigenvalue weighted by molar-refractivity contribution is -0.384. The first-order valence-corrected chi connectivity index (χ1v) is 6.37. The van der Waals surface area contributed by atoms with Gasteiger partial charge in [0.15, 0.2) is 0 Å². The van der Waals surface area contributed by atoms with Crippen LogP contribution in [0.1, 0.15) is 0 Å². The molecular formula is C15H11N3O4. The second-order valence-electron chi connectivity index (χ2n) is 4.65. The number of aromatic nitrogens is 2. The minimum atomic E-state index is -0.466. The van der Waals surface area contributed by atoms with E-state index in [0.717, 1.165) is 0 Å². The number of nitro groups is 1. The molecule has 1 heterocycles. The third-order valence-corrected chi connectivity index (χ3v) is 3.20. The van der Waals surface area contributed by atoms with Gasteiger partial charge in [0.25, 0.3) is 5.69 Å². The number of nitrogens with zero attached hydrogens (tertiary/aromatic N) is 2. The lowest BCUT2D eigenvalue weighted by atomic mass is 10.1. The molecule has 0 atom stereocenters. The van der Waals surface area contributed by atoms with Gasteiger partial charge in [0.1, 0.15) is 17.3 Å². The maximum atomic E-state index is 10.6. The zero-order chi connectivity index (χ0) is 15.7. The highest BCUT2D eigenvalue weighted by atomic mass is 16.6. The average Bonchev–Trinajstić information content (AvgIpc) is 2.97. The van der Waals surface area contributed by atoms with E-state index in [0.29, 0.717) is 22.6 Å². The van der Waals surface area contributed by atoms with Crippen LogP contribution in [0.4, 0.5) is 5.69 Å². The Morgan fingerprint density at radius 1 is 1.09 bits per heavy atom. The SMILES string of the molecule is O=[N+]([O-])c1ccc(-c2ncc(-c3ccc(O)cc3O)[nH]2)cc1. The maximum Gasteiger partial charge on any atom is 0.269 e. The predicted octanol–water partition coefficient (Wildman–Crippen LogP) is 3.06. The summed E-state index contributed by atoms with van der Waals surface area (Å²) in [7, 11) is 0. The van der Waals surface area contributed by atoms with Crippen LogP contribution in [-0.4, -0.2) is 25.1 Å². The highest BCUT2D eigenvalue weighted by Gasteiger charge is 2.11. The molecule has 0 spiro atoms. The van der Waals surface area contributed by atoms with Crippen molar-refractivity contribution in [3.05, 3.63) is 58.8 Å². The molecule has 0 aliphatic carbocycles. The Balaban J connectivity index is 1.95. The van der Waals surface area contributed by atoms with E-state index in [-0.39, 0.29) is 17.2 Å². The molecular weight excluding hydrogens is 286 g/mol. The summed E-state index contributed by atoms with van der Waals surface area (Å²) in [6.45, 7) is 0. The van der Waals surface area contributed by atoms with Crippen LogP contribution in [-0.2, 0) is 0 Å². The van der Waals surface area contributed by atoms with Gasteiger partial charge in [0.05, 0.1) is 16.8 Å². The number of nitro benzene ring substituents is 1. The molecule has 3 rings (SSSR count). The van der Waals surface area contributed by atoms with Crippen molar-refractivity contribution in [2.24, 2.45) is 0 Å². The second-order valence-corrected chi connectivity index (χ2v) is 4.65. The van der Waals surface area contributed by atoms with Gasteiger partial charge in [-0.15, -0.1) is 0 Å². The highest BCUT2D eigenvalue weighted by molar-refractivity contribution is 5.70. The summed E-state index contributed by atoms with van der Waals surface area (Å²) >= 11 is 0. The van der Waals surface area contributed by atoms with E-state index >= 15 is 0 Å². The molecule has 0 saturated heterocycles. The molecule has 0 amide bonds. The van der Waals surface area contributed by atoms with E-state index in [1.54, 1.807) is 24.4 Å². The van der Waals surface area contributed by atoms with Gasteiger partial charge in [-0.1, -0.05) is 0 Å². The number of nitrogens with one attached hydrogen (secondary N) is 1. The summed E-state index contributed by atoms with van der Waals surface area (Å²) in [6.07, 6.45) is 1.54. The molecule has 0 bridgehead atoms. The predicted molar refractivity (Wildman–Crippen MR) is 79.4 cm³/mol. The first-order valence-electron chi connectivity index (χ1n) is 6.37. The normalized spacial score (nSPS) is 10.5. The third-order valence-electron chi connectivity index (χ3n) is 3.20. The number of non-ortho nitro benzene ring substituents is 1. The summed E-state index contributed by atoms with van der Waals surface area (Å²) < 4.78 is 0. The lowest BCUT2D eigenvalue weighted by Crippen LogP contribution is -1.87. The molecule has 0 fully saturated rings. The van der Waals surface area contributed by atoms with Gasteiger partial charge in [-0.25, -0.2) is 4.98 Å². The van der Waals surface area contributed by atoms with Crippen molar-refractivity contribution in [3.63, 3.8) is 0 Å². The van der Waals surface area contributed by atoms with Gasteiger partial charge in [-0.2, -0.15) is 0 Å². The Morgan fingerprint density at radius 3 is 2.45 bits per heavy atom. The fourth-order valence-corrected chi connectivity index (χ4v) is 2.09. The molecule has 7 nitrogen and oxygen atoms in total. The molecule has 22 heavy (non-hydrogen) atoms. The van der Waals surface area contributed by atoms with Crippen LogP contribution in [0.2, 0.25) is 0 Å². The highest BCUT2D eigenvalue weighted by Crippen LogP contribution is 2.32. The monoisotopic (exact) mass is 297 g/mol. The number of H-pyrrole nitrogens is 1. The maximum absolute atomic E-state index is 10.6. The van der Waals surface area contributed by atoms with Gasteiger partial charge in [-0.3, -0.25) is 10.1 Å². The van der Waals surface area contributed by atoms with Crippen LogP contribution in [0.5, 0.6) is 11.5 Å². The van der Waals surface area contributed by atoms with Crippen molar-refractivity contribution in [1.29, 1.82) is 0 Å². The van der Waals surface area contributed by atoms with Crippen molar-refractivity contribution in [1.82, 2.24) is 9.97 Å². The summed E-state index contributed by atoms with van der Waals surface area (Å²) in [5.74, 6) is 0.424. The number of hydrogen-bond donors (Lipinski definition) is 3. The van der Waals surface area contributed by atoms with Gasteiger partial charge in [0, 0.05) is 29.3 Å². The van der Waals surface area contributed by atoms with Crippen molar-refractivity contribution in [2.45, 2.75) is 0 Å². The zero-order valence-electron chi connectivity index (χ0n) is 11.2. The number of aromatic hydroxyl groups is 2. The largest absolute Gasteiger partial charge is 0.508 e. The summed E-state index contributed by atoms with van der Waals surface area (Å²) in [5.41, 5.74) is 1.77. The number of benzene rings is 2. The molecule has 7 heteroatoms. The van der Waals surface area contributed by atoms with Gasteiger partial charge in [-0.05, 0) is 24.3 Å². The van der Waals surface area contributed by atoms with E-state index in [9.17, 15) is 20.3 Å². The molecule has 0 saturated carbocycles. The average molecular weight is 297 g/mol. The molecule has 0 radical (unpaired) electrons. The Labute approximate surface area is 124 Å². The number of rotatable bonds is 3. The Bertz CT molecular complexity index is 840. The van der Waals surface area contributed by atoms with E-state index < -0.39 is 4.92 Å². The summed E-state index contributed by atoms with van der Waals surface area (Å²) in [4.78, 5) is 17.4. The summed E-state index contributed by atoms with van der Waals surface area (Å²) in [6, 6.07) is 10.3. The summed E-state index contributed by atoms with van der Waals surface area (Å²) in [5, 5.41) is 29.8. The molecule has 0 aliphatic rings. The number of hydrogen-bond acceptors (Lipinski definition) is 5. The first-order chi connectivity index (χ1) is 10.5. The van der Waals surface area contributed by atoms with E-state index in [4.69, 9.17) is 0 Å². The minimum Gasteiger partial charge on any atom is -0.508 e. The topological polar surface area (TPSA) is 112 Å². The van der Waals surface area contributed by atoms with Crippen LogP contribution in [0.25, 0.3) is 22.6 Å². The van der Waals surface area contributed by atoms with E-state index in [2.05, 4.69) is 9.97 Å². The molecule has 2 aromatic carbocycles. The van der Waals surface area contributed by atoms with Crippen molar-refractivity contribution < 1.29 is 15.1 Å². The van der Waals surface area contributed by atoms with Gasteiger partial charge < -0.3 is 15.2 Å². The second kappa shape index (κ2) is 5.21. The van der Waals surface area contributed by atoms with Crippen molar-refractivity contribution >= 4 is 5.69 Å². The molecule has 0 unspecified atom stereocenters. The zero-order valence-corrected chi connectivity index (χ0v) is 11.2. The fourth-order valence-electron chi connectivity index (χ4n) is 2.09. The number of imidazole rings is 1. The lowest BCUT2D eigenvalue weighted by Gasteiger charge is -2.02. The molecule has 1 aromatic heterocycles. The van der Waals surface area contributed by atoms with Crippen molar-refractivity contribution in [3.8, 4) is 34.1 Å². The van der Waals surface area contributed by atoms with E-state index in [1.807, 2.05) is 0 Å². The van der Waals surface area contributed by atoms with Gasteiger partial charge in [0.2, 0.25) is 0 Å². The smallest absolute Gasteiger partial charge is 0.269 e. The van der Waals surface area contributed by atoms with Crippen LogP contribution < -0.4 is 0 Å². The third kappa shape index (κ3) is 2.47. The Morgan fingerprint density at radius 2 is 1.82 bits per heavy atom. The van der Waals surface area contributed by atoms with Crippen LogP contribution in [0, 0.1) is 10.1 Å². The molecule has 0 aliphatic heterocycles. The van der Waals surface area contributed by atoms with Crippen LogP contribution in [0.3, 0.4) is 0 Å².